The summed E-state index contributed by atoms with van der Waals surface area (Å²) in [6, 6.07) is 3.24. The molecule has 2 atom stereocenters. The van der Waals surface area contributed by atoms with Crippen LogP contribution < -0.4 is 21.9 Å². The van der Waals surface area contributed by atoms with Crippen LogP contribution >= 0.6 is 0 Å². The molecule has 0 saturated heterocycles. The summed E-state index contributed by atoms with van der Waals surface area (Å²) in [5.74, 6) is -7.83. The molecule has 2 unspecified atom stereocenters. The Balaban J connectivity index is 1.69. The van der Waals surface area contributed by atoms with Gasteiger partial charge in [0.2, 0.25) is 5.95 Å². The molecule has 1 aromatic carbocycles. The van der Waals surface area contributed by atoms with Crippen molar-refractivity contribution < 1.29 is 42.6 Å². The third-order valence-electron chi connectivity index (χ3n) is 5.55. The summed E-state index contributed by atoms with van der Waals surface area (Å²) < 4.78 is 38.7. The standard InChI is InChI=1S/C22H20F3N7O7/c1-21(19(38)39,18(37)22(23,24)25)6-12(17(35)36)30-15(33)9-2-4-10(5-3-9)27-7-11-8-28-14-13(29-11)16(34)32-20(26)31-14/h2-5,8,12,27H,6-7H2,1H3,(H,30,33)(H,35,36)(H,38,39)(H3,26,28,31,32,34). The number of H-pyrrole nitrogens is 1. The van der Waals surface area contributed by atoms with Gasteiger partial charge in [-0.2, -0.15) is 18.2 Å². The molecule has 0 saturated carbocycles. The number of aliphatic carboxylic acids is 2. The molecule has 7 N–H and O–H groups in total. The van der Waals surface area contributed by atoms with Gasteiger partial charge in [-0.1, -0.05) is 0 Å². The summed E-state index contributed by atoms with van der Waals surface area (Å²) in [4.78, 5) is 73.5. The topological polar surface area (TPSA) is 230 Å². The largest absolute Gasteiger partial charge is 0.480 e. The SMILES string of the molecule is CC(CC(NC(=O)c1ccc(NCc2cnc3nc(N)[nH]c(=O)c3n2)cc1)C(=O)O)(C(=O)O)C(=O)C(F)(F)F. The highest BCUT2D eigenvalue weighted by Crippen LogP contribution is 2.34. The average molecular weight is 551 g/mol. The number of aromatic amines is 1. The highest BCUT2D eigenvalue weighted by atomic mass is 19.4. The number of carboxylic acids is 2. The summed E-state index contributed by atoms with van der Waals surface area (Å²) in [6.45, 7) is 0.538. The maximum absolute atomic E-state index is 12.9. The number of carboxylic acid groups (broad SMARTS) is 2. The summed E-state index contributed by atoms with van der Waals surface area (Å²) in [6.07, 6.45) is -5.52. The Labute approximate surface area is 215 Å². The zero-order valence-corrected chi connectivity index (χ0v) is 19.9. The van der Waals surface area contributed by atoms with Crippen LogP contribution in [0.5, 0.6) is 0 Å². The number of halogens is 3. The number of amides is 1. The molecular weight excluding hydrogens is 531 g/mol. The van der Waals surface area contributed by atoms with Gasteiger partial charge < -0.3 is 26.6 Å². The first kappa shape index (κ1) is 28.5. The molecule has 2 heterocycles. The maximum atomic E-state index is 12.9. The molecule has 39 heavy (non-hydrogen) atoms. The van der Waals surface area contributed by atoms with Crippen LogP contribution in [0.25, 0.3) is 11.2 Å². The first-order chi connectivity index (χ1) is 18.1. The summed E-state index contributed by atoms with van der Waals surface area (Å²) in [7, 11) is 0. The number of nitrogen functional groups attached to an aromatic ring is 1. The first-order valence-electron chi connectivity index (χ1n) is 10.9. The smallest absolute Gasteiger partial charge is 0.451 e. The van der Waals surface area contributed by atoms with Crippen LogP contribution in [0.3, 0.4) is 0 Å². The molecule has 3 aromatic rings. The third-order valence-corrected chi connectivity index (χ3v) is 5.55. The predicted octanol–water partition coefficient (Wildman–Crippen LogP) is 0.703. The minimum Gasteiger partial charge on any atom is -0.480 e. The second-order valence-corrected chi connectivity index (χ2v) is 8.45. The fourth-order valence-electron chi connectivity index (χ4n) is 3.43. The molecule has 0 bridgehead atoms. The van der Waals surface area contributed by atoms with E-state index in [4.69, 9.17) is 5.73 Å². The quantitative estimate of drug-likeness (QED) is 0.191. The summed E-state index contributed by atoms with van der Waals surface area (Å²) >= 11 is 0. The summed E-state index contributed by atoms with van der Waals surface area (Å²) in [5.41, 5.74) is 2.47. The molecule has 1 amide bonds. The fourth-order valence-corrected chi connectivity index (χ4v) is 3.43. The lowest BCUT2D eigenvalue weighted by molar-refractivity contribution is -0.188. The predicted molar refractivity (Wildman–Crippen MR) is 126 cm³/mol. The maximum Gasteiger partial charge on any atom is 0.451 e. The number of nitrogens with one attached hydrogen (secondary N) is 3. The zero-order valence-electron chi connectivity index (χ0n) is 19.9. The van der Waals surface area contributed by atoms with Crippen molar-refractivity contribution in [2.75, 3.05) is 11.1 Å². The van der Waals surface area contributed by atoms with Crippen molar-refractivity contribution in [1.82, 2.24) is 25.3 Å². The molecule has 0 aliphatic carbocycles. The third kappa shape index (κ3) is 6.43. The van der Waals surface area contributed by atoms with Crippen LogP contribution in [-0.2, 0) is 20.9 Å². The Morgan fingerprint density at radius 3 is 2.31 bits per heavy atom. The number of rotatable bonds is 10. The van der Waals surface area contributed by atoms with Crippen LogP contribution in [0.15, 0.2) is 35.3 Å². The lowest BCUT2D eigenvalue weighted by Crippen LogP contribution is -2.51. The molecule has 0 aliphatic rings. The molecule has 14 nitrogen and oxygen atoms in total. The van der Waals surface area contributed by atoms with Crippen LogP contribution in [-0.4, -0.2) is 66.0 Å². The fraction of sp³-hybridized carbons (Fsp3) is 0.273. The van der Waals surface area contributed by atoms with Crippen LogP contribution in [0.1, 0.15) is 29.4 Å². The van der Waals surface area contributed by atoms with Crippen molar-refractivity contribution in [3.8, 4) is 0 Å². The number of Topliss-reactive ketones (excluding diaryl/α,β-unsaturated/α-hetero) is 1. The van der Waals surface area contributed by atoms with Crippen molar-refractivity contribution in [2.45, 2.75) is 32.1 Å². The van der Waals surface area contributed by atoms with E-state index in [1.807, 2.05) is 5.32 Å². The van der Waals surface area contributed by atoms with Gasteiger partial charge in [-0.15, -0.1) is 0 Å². The second-order valence-electron chi connectivity index (χ2n) is 8.45. The van der Waals surface area contributed by atoms with E-state index < -0.39 is 53.2 Å². The van der Waals surface area contributed by atoms with Gasteiger partial charge in [0.05, 0.1) is 18.4 Å². The molecule has 17 heteroatoms. The van der Waals surface area contributed by atoms with Crippen molar-refractivity contribution in [3.05, 3.63) is 52.1 Å². The number of nitrogens with two attached hydrogens (primary N) is 1. The highest BCUT2D eigenvalue weighted by molar-refractivity contribution is 6.06. The van der Waals surface area contributed by atoms with E-state index in [9.17, 15) is 47.4 Å². The van der Waals surface area contributed by atoms with Crippen molar-refractivity contribution >= 4 is 46.4 Å². The van der Waals surface area contributed by atoms with E-state index in [1.165, 1.54) is 30.5 Å². The molecule has 0 fully saturated rings. The van der Waals surface area contributed by atoms with Gasteiger partial charge in [0, 0.05) is 17.7 Å². The Morgan fingerprint density at radius 2 is 1.74 bits per heavy atom. The molecule has 3 rings (SSSR count). The molecule has 0 spiro atoms. The number of alkyl halides is 3. The molecule has 2 aromatic heterocycles. The number of nitrogens with zero attached hydrogens (tertiary/aromatic N) is 3. The lowest BCUT2D eigenvalue weighted by Gasteiger charge is -2.27. The van der Waals surface area contributed by atoms with Gasteiger partial charge in [-0.3, -0.25) is 24.2 Å². The minimum absolute atomic E-state index is 0.0283. The average Bonchev–Trinajstić information content (AvgIpc) is 2.86. The van der Waals surface area contributed by atoms with Crippen molar-refractivity contribution in [2.24, 2.45) is 5.41 Å². The highest BCUT2D eigenvalue weighted by Gasteiger charge is 2.56. The Kier molecular flexibility index (Phi) is 7.83. The minimum atomic E-state index is -5.54. The van der Waals surface area contributed by atoms with Gasteiger partial charge >= 0.3 is 18.1 Å². The number of hydrogen-bond donors (Lipinski definition) is 6. The lowest BCUT2D eigenvalue weighted by atomic mass is 9.79. The Hall–Kier alpha value is -5.09. The molecule has 0 aliphatic heterocycles. The normalized spacial score (nSPS) is 13.7. The first-order valence-corrected chi connectivity index (χ1v) is 10.9. The number of benzene rings is 1. The van der Waals surface area contributed by atoms with Gasteiger partial charge in [0.1, 0.15) is 11.5 Å². The van der Waals surface area contributed by atoms with Crippen molar-refractivity contribution in [3.63, 3.8) is 0 Å². The molecule has 206 valence electrons. The monoisotopic (exact) mass is 551 g/mol. The van der Waals surface area contributed by atoms with E-state index in [1.54, 1.807) is 0 Å². The van der Waals surface area contributed by atoms with E-state index >= 15 is 0 Å². The number of aromatic nitrogens is 4. The summed E-state index contributed by atoms with van der Waals surface area (Å²) in [5, 5.41) is 23.5. The van der Waals surface area contributed by atoms with Crippen LogP contribution in [0.2, 0.25) is 0 Å². The van der Waals surface area contributed by atoms with E-state index in [0.29, 0.717) is 18.3 Å². The number of fused-ring (bicyclic) bond motifs is 1. The number of ketones is 1. The van der Waals surface area contributed by atoms with E-state index in [2.05, 4.69) is 25.3 Å². The number of anilines is 2. The molecule has 0 radical (unpaired) electrons. The number of carbonyl (C=O) groups is 4. The van der Waals surface area contributed by atoms with Gasteiger partial charge in [0.25, 0.3) is 17.2 Å². The zero-order chi connectivity index (χ0) is 29.1. The number of hydrogen-bond acceptors (Lipinski definition) is 10. The van der Waals surface area contributed by atoms with E-state index in [0.717, 1.165) is 0 Å². The van der Waals surface area contributed by atoms with Crippen LogP contribution in [0.4, 0.5) is 24.8 Å². The Morgan fingerprint density at radius 1 is 1.10 bits per heavy atom. The van der Waals surface area contributed by atoms with E-state index in [-0.39, 0.29) is 29.2 Å². The Bertz CT molecular complexity index is 1510. The molecular formula is C22H20F3N7O7. The van der Waals surface area contributed by atoms with Gasteiger partial charge in [0.15, 0.2) is 11.2 Å². The second kappa shape index (κ2) is 10.7. The van der Waals surface area contributed by atoms with Crippen LogP contribution in [0, 0.1) is 5.41 Å². The number of carbonyl (C=O) groups excluding carboxylic acids is 2. The van der Waals surface area contributed by atoms with Gasteiger partial charge in [-0.05, 0) is 31.2 Å². The van der Waals surface area contributed by atoms with Crippen molar-refractivity contribution in [1.29, 1.82) is 0 Å². The van der Waals surface area contributed by atoms with Gasteiger partial charge in [-0.25, -0.2) is 14.8 Å².